The topological polar surface area (TPSA) is 54.2 Å². The summed E-state index contributed by atoms with van der Waals surface area (Å²) in [5.74, 6) is 1.77. The van der Waals surface area contributed by atoms with Gasteiger partial charge in [0.1, 0.15) is 5.76 Å². The number of anilines is 1. The minimum atomic E-state index is 0.561. The molecule has 2 aromatic rings. The molecule has 0 bridgehead atoms. The average molecular weight is 284 g/mol. The van der Waals surface area contributed by atoms with Crippen molar-refractivity contribution in [1.29, 1.82) is 0 Å². The van der Waals surface area contributed by atoms with Crippen molar-refractivity contribution in [2.24, 2.45) is 0 Å². The maximum atomic E-state index is 5.45. The van der Waals surface area contributed by atoms with Gasteiger partial charge in [0.15, 0.2) is 0 Å². The highest BCUT2D eigenvalue weighted by Gasteiger charge is 2.31. The quantitative estimate of drug-likeness (QED) is 0.846. The van der Waals surface area contributed by atoms with Crippen molar-refractivity contribution in [3.8, 4) is 0 Å². The van der Waals surface area contributed by atoms with E-state index in [-0.39, 0.29) is 0 Å². The lowest BCUT2D eigenvalue weighted by Gasteiger charge is -2.21. The first-order valence-electron chi connectivity index (χ1n) is 7.72. The van der Waals surface area contributed by atoms with Crippen LogP contribution in [0, 0.1) is 0 Å². The normalized spacial score (nSPS) is 17.9. The number of rotatable bonds is 7. The van der Waals surface area contributed by atoms with Gasteiger partial charge in [0.2, 0.25) is 5.95 Å². The van der Waals surface area contributed by atoms with Crippen molar-refractivity contribution in [3.05, 3.63) is 42.1 Å². The van der Waals surface area contributed by atoms with Crippen LogP contribution in [0.5, 0.6) is 0 Å². The molecule has 2 aromatic heterocycles. The summed E-state index contributed by atoms with van der Waals surface area (Å²) in [5.41, 5.74) is 1.15. The Morgan fingerprint density at radius 3 is 2.62 bits per heavy atom. The van der Waals surface area contributed by atoms with Crippen LogP contribution in [0.4, 0.5) is 5.95 Å². The summed E-state index contributed by atoms with van der Waals surface area (Å²) in [7, 11) is 0. The number of hydrogen-bond acceptors (Lipinski definition) is 5. The molecule has 1 N–H and O–H groups in total. The molecule has 0 spiro atoms. The van der Waals surface area contributed by atoms with Crippen LogP contribution < -0.4 is 10.2 Å². The first kappa shape index (κ1) is 12.8. The zero-order valence-corrected chi connectivity index (χ0v) is 12.0. The molecule has 0 unspecified atom stereocenters. The van der Waals surface area contributed by atoms with Crippen LogP contribution in [0.2, 0.25) is 0 Å². The third kappa shape index (κ3) is 3.24. The Labute approximate surface area is 124 Å². The van der Waals surface area contributed by atoms with Gasteiger partial charge in [-0.15, -0.1) is 0 Å². The van der Waals surface area contributed by atoms with Gasteiger partial charge in [0, 0.05) is 36.6 Å². The van der Waals surface area contributed by atoms with E-state index in [9.17, 15) is 0 Å². The SMILES string of the molecule is c1coc(CN(c2ncc(CNC3CC3)cn2)C2CC2)c1. The van der Waals surface area contributed by atoms with E-state index in [1.54, 1.807) is 6.26 Å². The molecule has 21 heavy (non-hydrogen) atoms. The molecular formula is C16H20N4O. The molecule has 0 amide bonds. The summed E-state index contributed by atoms with van der Waals surface area (Å²) in [6.45, 7) is 1.61. The molecule has 0 radical (unpaired) electrons. The zero-order chi connectivity index (χ0) is 14.1. The highest BCUT2D eigenvalue weighted by atomic mass is 16.3. The molecule has 2 aliphatic carbocycles. The molecule has 2 heterocycles. The monoisotopic (exact) mass is 284 g/mol. The van der Waals surface area contributed by atoms with Crippen molar-refractivity contribution in [3.63, 3.8) is 0 Å². The van der Waals surface area contributed by atoms with Gasteiger partial charge in [0.05, 0.1) is 12.8 Å². The van der Waals surface area contributed by atoms with Crippen molar-refractivity contribution >= 4 is 5.95 Å². The average Bonchev–Trinajstić information content (AvgIpc) is 3.44. The molecule has 0 aliphatic heterocycles. The van der Waals surface area contributed by atoms with Gasteiger partial charge in [-0.05, 0) is 37.8 Å². The van der Waals surface area contributed by atoms with E-state index in [4.69, 9.17) is 4.42 Å². The van der Waals surface area contributed by atoms with Crippen LogP contribution in [0.25, 0.3) is 0 Å². The van der Waals surface area contributed by atoms with Crippen LogP contribution in [-0.2, 0) is 13.1 Å². The highest BCUT2D eigenvalue weighted by Crippen LogP contribution is 2.31. The molecule has 2 fully saturated rings. The predicted molar refractivity (Wildman–Crippen MR) is 79.8 cm³/mol. The maximum Gasteiger partial charge on any atom is 0.225 e. The minimum Gasteiger partial charge on any atom is -0.467 e. The summed E-state index contributed by atoms with van der Waals surface area (Å²) in [5, 5.41) is 3.48. The summed E-state index contributed by atoms with van der Waals surface area (Å²) in [4.78, 5) is 11.4. The molecule has 0 saturated heterocycles. The summed E-state index contributed by atoms with van der Waals surface area (Å²) in [6.07, 6.45) is 10.6. The number of nitrogens with one attached hydrogen (secondary N) is 1. The third-order valence-electron chi connectivity index (χ3n) is 4.01. The largest absolute Gasteiger partial charge is 0.467 e. The van der Waals surface area contributed by atoms with Gasteiger partial charge in [0.25, 0.3) is 0 Å². The second kappa shape index (κ2) is 5.48. The van der Waals surface area contributed by atoms with E-state index in [1.165, 1.54) is 25.7 Å². The van der Waals surface area contributed by atoms with Crippen LogP contribution in [-0.4, -0.2) is 22.1 Å². The van der Waals surface area contributed by atoms with Gasteiger partial charge in [-0.3, -0.25) is 0 Å². The molecule has 0 aromatic carbocycles. The second-order valence-corrected chi connectivity index (χ2v) is 5.98. The Balaban J connectivity index is 1.44. The lowest BCUT2D eigenvalue weighted by atomic mass is 10.3. The molecule has 2 saturated carbocycles. The molecule has 0 atom stereocenters. The Bertz CT molecular complexity index is 573. The van der Waals surface area contributed by atoms with E-state index in [0.29, 0.717) is 12.1 Å². The summed E-state index contributed by atoms with van der Waals surface area (Å²) in [6, 6.07) is 5.20. The molecule has 5 nitrogen and oxygen atoms in total. The van der Waals surface area contributed by atoms with Gasteiger partial charge in [-0.1, -0.05) is 0 Å². The maximum absolute atomic E-state index is 5.45. The first-order valence-corrected chi connectivity index (χ1v) is 7.72. The molecule has 5 heteroatoms. The first-order chi connectivity index (χ1) is 10.4. The van der Waals surface area contributed by atoms with Crippen LogP contribution in [0.3, 0.4) is 0 Å². The van der Waals surface area contributed by atoms with Gasteiger partial charge in [-0.2, -0.15) is 0 Å². The van der Waals surface area contributed by atoms with E-state index >= 15 is 0 Å². The summed E-state index contributed by atoms with van der Waals surface area (Å²) < 4.78 is 5.45. The lowest BCUT2D eigenvalue weighted by molar-refractivity contribution is 0.499. The lowest BCUT2D eigenvalue weighted by Crippen LogP contribution is -2.27. The molecule has 2 aliphatic rings. The van der Waals surface area contributed by atoms with Crippen molar-refractivity contribution in [1.82, 2.24) is 15.3 Å². The predicted octanol–water partition coefficient (Wildman–Crippen LogP) is 2.49. The molecule has 4 rings (SSSR count). The van der Waals surface area contributed by atoms with Crippen LogP contribution in [0.1, 0.15) is 37.0 Å². The standard InChI is InChI=1S/C16H20N4O/c1-2-15(21-7-1)11-20(14-5-6-14)16-18-9-12(10-19-16)8-17-13-3-4-13/h1-2,7,9-10,13-14,17H,3-6,8,11H2. The number of furan rings is 1. The zero-order valence-electron chi connectivity index (χ0n) is 12.0. The van der Waals surface area contributed by atoms with Gasteiger partial charge >= 0.3 is 0 Å². The van der Waals surface area contributed by atoms with Crippen molar-refractivity contribution in [2.75, 3.05) is 4.90 Å². The highest BCUT2D eigenvalue weighted by molar-refractivity contribution is 5.34. The third-order valence-corrected chi connectivity index (χ3v) is 4.01. The number of nitrogens with zero attached hydrogens (tertiary/aromatic N) is 3. The Morgan fingerprint density at radius 2 is 2.00 bits per heavy atom. The fourth-order valence-corrected chi connectivity index (χ4v) is 2.46. The molecule has 110 valence electrons. The van der Waals surface area contributed by atoms with E-state index < -0.39 is 0 Å². The Hall–Kier alpha value is -1.88. The van der Waals surface area contributed by atoms with E-state index in [2.05, 4.69) is 20.2 Å². The van der Waals surface area contributed by atoms with E-state index in [1.807, 2.05) is 24.5 Å². The van der Waals surface area contributed by atoms with Crippen LogP contribution in [0.15, 0.2) is 35.2 Å². The summed E-state index contributed by atoms with van der Waals surface area (Å²) >= 11 is 0. The fraction of sp³-hybridized carbons (Fsp3) is 0.500. The van der Waals surface area contributed by atoms with Crippen molar-refractivity contribution < 1.29 is 4.42 Å². The number of aromatic nitrogens is 2. The van der Waals surface area contributed by atoms with Gasteiger partial charge < -0.3 is 14.6 Å². The minimum absolute atomic E-state index is 0.561. The Kier molecular flexibility index (Phi) is 3.35. The molecular weight excluding hydrogens is 264 g/mol. The van der Waals surface area contributed by atoms with Crippen molar-refractivity contribution in [2.45, 2.75) is 50.9 Å². The second-order valence-electron chi connectivity index (χ2n) is 5.98. The fourth-order valence-electron chi connectivity index (χ4n) is 2.46. The smallest absolute Gasteiger partial charge is 0.225 e. The van der Waals surface area contributed by atoms with Gasteiger partial charge in [-0.25, -0.2) is 9.97 Å². The van der Waals surface area contributed by atoms with Crippen LogP contribution >= 0.6 is 0 Å². The van der Waals surface area contributed by atoms with E-state index in [0.717, 1.165) is 30.4 Å². The Morgan fingerprint density at radius 1 is 1.19 bits per heavy atom. The number of hydrogen-bond donors (Lipinski definition) is 1.